The Bertz CT molecular complexity index is 564. The van der Waals surface area contributed by atoms with Crippen LogP contribution in [0.3, 0.4) is 0 Å². The Morgan fingerprint density at radius 1 is 1.61 bits per heavy atom. The highest BCUT2D eigenvalue weighted by Gasteiger charge is 2.25. The van der Waals surface area contributed by atoms with E-state index in [1.165, 1.54) is 11.3 Å². The molecule has 1 unspecified atom stereocenters. The molecule has 5 nitrogen and oxygen atoms in total. The third kappa shape index (κ3) is 2.72. The van der Waals surface area contributed by atoms with Crippen LogP contribution in [0.25, 0.3) is 4.96 Å². The molecule has 0 amide bonds. The van der Waals surface area contributed by atoms with Crippen molar-refractivity contribution in [1.29, 1.82) is 0 Å². The van der Waals surface area contributed by atoms with Gasteiger partial charge in [0.1, 0.15) is 11.9 Å². The first-order chi connectivity index (χ1) is 8.49. The highest BCUT2D eigenvalue weighted by atomic mass is 79.9. The van der Waals surface area contributed by atoms with Crippen LogP contribution >= 0.6 is 27.3 Å². The molecule has 0 aromatic carbocycles. The number of fused-ring (bicyclic) bond motifs is 1. The van der Waals surface area contributed by atoms with E-state index in [0.29, 0.717) is 23.0 Å². The van der Waals surface area contributed by atoms with Gasteiger partial charge in [0.15, 0.2) is 0 Å². The molecule has 2 aromatic heterocycles. The summed E-state index contributed by atoms with van der Waals surface area (Å²) in [6, 6.07) is 0. The quantitative estimate of drug-likeness (QED) is 0.477. The number of alkyl halides is 1. The number of halogens is 1. The fraction of sp³-hybridized carbons (Fsp3) is 0.545. The monoisotopic (exact) mass is 331 g/mol. The maximum atomic E-state index is 11.1. The van der Waals surface area contributed by atoms with Crippen molar-refractivity contribution < 1.29 is 4.92 Å². The first kappa shape index (κ1) is 13.5. The Morgan fingerprint density at radius 3 is 2.94 bits per heavy atom. The lowest BCUT2D eigenvalue weighted by Crippen LogP contribution is -2.08. The lowest BCUT2D eigenvalue weighted by atomic mass is 10.1. The summed E-state index contributed by atoms with van der Waals surface area (Å²) in [6.07, 6.45) is 3.26. The van der Waals surface area contributed by atoms with E-state index in [4.69, 9.17) is 0 Å². The van der Waals surface area contributed by atoms with Gasteiger partial charge in [-0.2, -0.15) is 9.38 Å². The van der Waals surface area contributed by atoms with Crippen molar-refractivity contribution in [1.82, 2.24) is 9.38 Å². The summed E-state index contributed by atoms with van der Waals surface area (Å²) in [7, 11) is 0. The molecule has 0 radical (unpaired) electrons. The third-order valence-corrected chi connectivity index (χ3v) is 4.08. The molecular weight excluding hydrogens is 318 g/mol. The molecule has 0 bridgehead atoms. The van der Waals surface area contributed by atoms with E-state index in [-0.39, 0.29) is 15.6 Å². The van der Waals surface area contributed by atoms with Crippen LogP contribution < -0.4 is 0 Å². The summed E-state index contributed by atoms with van der Waals surface area (Å²) in [6.45, 7) is 4.27. The Morgan fingerprint density at radius 2 is 2.33 bits per heavy atom. The second kappa shape index (κ2) is 5.36. The SMILES string of the molecule is CC(C)CC(Br)Cc1nc2sccn2c1[N+](=O)[O-]. The van der Waals surface area contributed by atoms with Gasteiger partial charge in [-0.3, -0.25) is 0 Å². The number of imidazole rings is 1. The van der Waals surface area contributed by atoms with Gasteiger partial charge < -0.3 is 10.1 Å². The molecule has 1 atom stereocenters. The first-order valence-electron chi connectivity index (χ1n) is 5.72. The Kier molecular flexibility index (Phi) is 4.01. The van der Waals surface area contributed by atoms with Gasteiger partial charge in [0, 0.05) is 16.6 Å². The zero-order chi connectivity index (χ0) is 13.3. The van der Waals surface area contributed by atoms with Crippen molar-refractivity contribution in [3.63, 3.8) is 0 Å². The summed E-state index contributed by atoms with van der Waals surface area (Å²) >= 11 is 4.99. The van der Waals surface area contributed by atoms with Crippen molar-refractivity contribution in [2.24, 2.45) is 5.92 Å². The van der Waals surface area contributed by atoms with E-state index < -0.39 is 0 Å². The van der Waals surface area contributed by atoms with E-state index in [0.717, 1.165) is 6.42 Å². The van der Waals surface area contributed by atoms with Crippen LogP contribution in [0.2, 0.25) is 0 Å². The zero-order valence-corrected chi connectivity index (χ0v) is 12.6. The molecule has 0 aliphatic carbocycles. The minimum absolute atomic E-state index is 0.0967. The highest BCUT2D eigenvalue weighted by molar-refractivity contribution is 9.09. The van der Waals surface area contributed by atoms with Crippen LogP contribution in [-0.4, -0.2) is 19.1 Å². The number of nitrogens with zero attached hydrogens (tertiary/aromatic N) is 3. The van der Waals surface area contributed by atoms with Gasteiger partial charge in [-0.25, -0.2) is 0 Å². The summed E-state index contributed by atoms with van der Waals surface area (Å²) in [5.41, 5.74) is 0.564. The summed E-state index contributed by atoms with van der Waals surface area (Å²) in [4.78, 5) is 16.0. The van der Waals surface area contributed by atoms with Gasteiger partial charge in [-0.15, -0.1) is 0 Å². The van der Waals surface area contributed by atoms with Gasteiger partial charge in [-0.1, -0.05) is 41.1 Å². The average Bonchev–Trinajstić information content (AvgIpc) is 2.74. The molecular formula is C11H14BrN3O2S. The molecule has 0 aliphatic heterocycles. The largest absolute Gasteiger partial charge is 0.358 e. The molecule has 0 aliphatic rings. The van der Waals surface area contributed by atoms with Crippen LogP contribution in [0.1, 0.15) is 26.0 Å². The van der Waals surface area contributed by atoms with Gasteiger partial charge in [0.2, 0.25) is 0 Å². The summed E-state index contributed by atoms with van der Waals surface area (Å²) < 4.78 is 1.55. The fourth-order valence-electron chi connectivity index (χ4n) is 1.95. The molecule has 0 fully saturated rings. The second-order valence-electron chi connectivity index (χ2n) is 4.63. The molecule has 0 saturated carbocycles. The van der Waals surface area contributed by atoms with Crippen molar-refractivity contribution in [3.8, 4) is 0 Å². The van der Waals surface area contributed by atoms with Gasteiger partial charge in [-0.05, 0) is 17.3 Å². The van der Waals surface area contributed by atoms with Crippen molar-refractivity contribution >= 4 is 38.0 Å². The van der Waals surface area contributed by atoms with Crippen LogP contribution in [0, 0.1) is 16.0 Å². The van der Waals surface area contributed by atoms with E-state index >= 15 is 0 Å². The number of nitro groups is 1. The van der Waals surface area contributed by atoms with Crippen molar-refractivity contribution in [3.05, 3.63) is 27.4 Å². The van der Waals surface area contributed by atoms with Crippen molar-refractivity contribution in [2.45, 2.75) is 31.5 Å². The number of hydrogen-bond donors (Lipinski definition) is 0. The molecule has 2 aromatic rings. The van der Waals surface area contributed by atoms with Crippen LogP contribution in [0.4, 0.5) is 5.82 Å². The molecule has 7 heteroatoms. The minimum atomic E-state index is -0.350. The molecule has 18 heavy (non-hydrogen) atoms. The van der Waals surface area contributed by atoms with Gasteiger partial charge in [0.05, 0.1) is 0 Å². The summed E-state index contributed by atoms with van der Waals surface area (Å²) in [5.74, 6) is 0.650. The fourth-order valence-corrected chi connectivity index (χ4v) is 3.74. The number of aromatic nitrogens is 2. The molecule has 2 heterocycles. The topological polar surface area (TPSA) is 60.4 Å². The molecule has 0 saturated heterocycles. The minimum Gasteiger partial charge on any atom is -0.358 e. The van der Waals surface area contributed by atoms with Crippen LogP contribution in [0.15, 0.2) is 11.6 Å². The third-order valence-electron chi connectivity index (χ3n) is 2.62. The number of hydrogen-bond acceptors (Lipinski definition) is 4. The maximum absolute atomic E-state index is 11.1. The first-order valence-corrected chi connectivity index (χ1v) is 7.51. The van der Waals surface area contributed by atoms with Gasteiger partial charge in [0.25, 0.3) is 4.96 Å². The van der Waals surface area contributed by atoms with Gasteiger partial charge >= 0.3 is 5.82 Å². The molecule has 98 valence electrons. The van der Waals surface area contributed by atoms with E-state index in [1.54, 1.807) is 16.0 Å². The average molecular weight is 332 g/mol. The van der Waals surface area contributed by atoms with E-state index in [2.05, 4.69) is 34.8 Å². The Balaban J connectivity index is 2.29. The normalized spacial score (nSPS) is 13.3. The molecule has 0 N–H and O–H groups in total. The second-order valence-corrected chi connectivity index (χ2v) is 6.79. The molecule has 2 rings (SSSR count). The van der Waals surface area contributed by atoms with Crippen LogP contribution in [-0.2, 0) is 6.42 Å². The summed E-state index contributed by atoms with van der Waals surface area (Å²) in [5, 5.41) is 12.9. The predicted molar refractivity (Wildman–Crippen MR) is 75.6 cm³/mol. The Hall–Kier alpha value is -0.950. The number of rotatable bonds is 5. The maximum Gasteiger partial charge on any atom is 0.351 e. The standard InChI is InChI=1S/C11H14BrN3O2S/c1-7(2)5-8(12)6-9-10(15(16)17)14-3-4-18-11(14)13-9/h3-4,7-8H,5-6H2,1-2H3. The van der Waals surface area contributed by atoms with E-state index in [9.17, 15) is 10.1 Å². The van der Waals surface area contributed by atoms with Crippen LogP contribution in [0.5, 0.6) is 0 Å². The highest BCUT2D eigenvalue weighted by Crippen LogP contribution is 2.27. The Labute approximate surface area is 117 Å². The predicted octanol–water partition coefficient (Wildman–Crippen LogP) is 3.66. The lowest BCUT2D eigenvalue weighted by molar-refractivity contribution is -0.391. The zero-order valence-electron chi connectivity index (χ0n) is 10.2. The number of thiazole rings is 1. The lowest BCUT2D eigenvalue weighted by Gasteiger charge is -2.10. The van der Waals surface area contributed by atoms with E-state index in [1.807, 2.05) is 0 Å². The molecule has 0 spiro atoms. The van der Waals surface area contributed by atoms with Crippen molar-refractivity contribution in [2.75, 3.05) is 0 Å². The smallest absolute Gasteiger partial charge is 0.351 e.